The average Bonchev–Trinajstić information content (AvgIpc) is 2.55. The van der Waals surface area contributed by atoms with Gasteiger partial charge < -0.3 is 5.32 Å². The van der Waals surface area contributed by atoms with Crippen LogP contribution in [0.3, 0.4) is 0 Å². The molecule has 0 aromatic heterocycles. The first kappa shape index (κ1) is 15.9. The van der Waals surface area contributed by atoms with E-state index in [0.717, 1.165) is 35.5 Å². The predicted octanol–water partition coefficient (Wildman–Crippen LogP) is 3.49. The van der Waals surface area contributed by atoms with Crippen LogP contribution in [0, 0.1) is 17.2 Å². The number of thioether (sulfide) groups is 1. The highest BCUT2D eigenvalue weighted by Crippen LogP contribution is 2.23. The van der Waals surface area contributed by atoms with Gasteiger partial charge in [-0.1, -0.05) is 37.5 Å². The molecule has 0 saturated heterocycles. The summed E-state index contributed by atoms with van der Waals surface area (Å²) >= 11 is 1.76. The third-order valence-electron chi connectivity index (χ3n) is 3.92. The van der Waals surface area contributed by atoms with Crippen molar-refractivity contribution in [1.29, 1.82) is 5.26 Å². The molecule has 112 valence electrons. The van der Waals surface area contributed by atoms with E-state index in [1.54, 1.807) is 11.8 Å². The highest BCUT2D eigenvalue weighted by Gasteiger charge is 2.20. The van der Waals surface area contributed by atoms with Crippen molar-refractivity contribution in [3.05, 3.63) is 35.4 Å². The summed E-state index contributed by atoms with van der Waals surface area (Å²) in [5, 5.41) is 12.1. The molecular formula is C17H22N2OS. The molecule has 1 saturated carbocycles. The van der Waals surface area contributed by atoms with E-state index in [1.807, 2.05) is 24.3 Å². The van der Waals surface area contributed by atoms with Gasteiger partial charge >= 0.3 is 0 Å². The van der Waals surface area contributed by atoms with Gasteiger partial charge in [0.05, 0.1) is 11.6 Å². The van der Waals surface area contributed by atoms with E-state index in [4.69, 9.17) is 5.26 Å². The summed E-state index contributed by atoms with van der Waals surface area (Å²) in [6.07, 6.45) is 5.76. The molecule has 0 heterocycles. The van der Waals surface area contributed by atoms with Crippen LogP contribution in [0.25, 0.3) is 0 Å². The Morgan fingerprint density at radius 1 is 1.29 bits per heavy atom. The van der Waals surface area contributed by atoms with Gasteiger partial charge in [0.15, 0.2) is 0 Å². The quantitative estimate of drug-likeness (QED) is 0.818. The second kappa shape index (κ2) is 8.74. The lowest BCUT2D eigenvalue weighted by Crippen LogP contribution is -2.33. The van der Waals surface area contributed by atoms with Gasteiger partial charge in [-0.05, 0) is 24.5 Å². The maximum Gasteiger partial charge on any atom is 0.223 e. The number of carbonyl (C=O) groups is 1. The van der Waals surface area contributed by atoms with Gasteiger partial charge in [-0.15, -0.1) is 0 Å². The Bertz CT molecular complexity index is 504. The number of nitriles is 1. The Hall–Kier alpha value is -1.47. The lowest BCUT2D eigenvalue weighted by atomic mass is 9.89. The first-order valence-corrected chi connectivity index (χ1v) is 8.80. The number of benzene rings is 1. The Labute approximate surface area is 131 Å². The van der Waals surface area contributed by atoms with E-state index in [1.165, 1.54) is 19.3 Å². The zero-order chi connectivity index (χ0) is 14.9. The van der Waals surface area contributed by atoms with Crippen molar-refractivity contribution < 1.29 is 4.79 Å². The summed E-state index contributed by atoms with van der Waals surface area (Å²) in [6, 6.07) is 9.90. The van der Waals surface area contributed by atoms with Crippen molar-refractivity contribution in [1.82, 2.24) is 5.32 Å². The Kier molecular flexibility index (Phi) is 6.62. The Morgan fingerprint density at radius 2 is 2.05 bits per heavy atom. The Morgan fingerprint density at radius 3 is 2.81 bits per heavy atom. The molecule has 1 N–H and O–H groups in total. The number of nitrogens with zero attached hydrogens (tertiary/aromatic N) is 1. The van der Waals surface area contributed by atoms with Gasteiger partial charge in [-0.25, -0.2) is 0 Å². The molecule has 4 heteroatoms. The molecule has 1 aliphatic carbocycles. The summed E-state index contributed by atoms with van der Waals surface area (Å²) in [4.78, 5) is 12.0. The normalized spacial score (nSPS) is 15.4. The van der Waals surface area contributed by atoms with Crippen LogP contribution in [0.15, 0.2) is 24.3 Å². The SMILES string of the molecule is N#Cc1ccccc1CSCCNC(=O)C1CCCCC1. The maximum absolute atomic E-state index is 12.0. The molecule has 3 nitrogen and oxygen atoms in total. The fourth-order valence-corrected chi connectivity index (χ4v) is 3.56. The highest BCUT2D eigenvalue weighted by molar-refractivity contribution is 7.98. The number of rotatable bonds is 6. The van der Waals surface area contributed by atoms with Crippen LogP contribution in [0.1, 0.15) is 43.2 Å². The van der Waals surface area contributed by atoms with E-state index < -0.39 is 0 Å². The second-order valence-electron chi connectivity index (χ2n) is 5.45. The van der Waals surface area contributed by atoms with Crippen LogP contribution < -0.4 is 5.32 Å². The number of hydrogen-bond donors (Lipinski definition) is 1. The van der Waals surface area contributed by atoms with E-state index >= 15 is 0 Å². The van der Waals surface area contributed by atoms with Gasteiger partial charge in [0.25, 0.3) is 0 Å². The third kappa shape index (κ3) is 5.09. The number of nitrogens with one attached hydrogen (secondary N) is 1. The first-order chi connectivity index (χ1) is 10.3. The molecule has 2 rings (SSSR count). The van der Waals surface area contributed by atoms with Crippen LogP contribution in [0.2, 0.25) is 0 Å². The van der Waals surface area contributed by atoms with Crippen LogP contribution in [0.5, 0.6) is 0 Å². The molecule has 0 unspecified atom stereocenters. The third-order valence-corrected chi connectivity index (χ3v) is 4.92. The van der Waals surface area contributed by atoms with Crippen molar-refractivity contribution in [3.8, 4) is 6.07 Å². The summed E-state index contributed by atoms with van der Waals surface area (Å²) in [5.74, 6) is 2.18. The maximum atomic E-state index is 12.0. The molecule has 1 fully saturated rings. The van der Waals surface area contributed by atoms with Crippen molar-refractivity contribution in [3.63, 3.8) is 0 Å². The number of hydrogen-bond acceptors (Lipinski definition) is 3. The standard InChI is InChI=1S/C17H22N2OS/c18-12-15-8-4-5-9-16(15)13-21-11-10-19-17(20)14-6-2-1-3-7-14/h4-5,8-9,14H,1-3,6-7,10-11,13H2,(H,19,20). The van der Waals surface area contributed by atoms with E-state index in [0.29, 0.717) is 6.54 Å². The minimum absolute atomic E-state index is 0.229. The first-order valence-electron chi connectivity index (χ1n) is 7.64. The van der Waals surface area contributed by atoms with E-state index in [9.17, 15) is 4.79 Å². The van der Waals surface area contributed by atoms with Gasteiger partial charge in [0.2, 0.25) is 5.91 Å². The minimum Gasteiger partial charge on any atom is -0.355 e. The molecule has 0 aliphatic heterocycles. The molecule has 1 aliphatic rings. The highest BCUT2D eigenvalue weighted by atomic mass is 32.2. The van der Waals surface area contributed by atoms with E-state index in [2.05, 4.69) is 11.4 Å². The fraction of sp³-hybridized carbons (Fsp3) is 0.529. The van der Waals surface area contributed by atoms with Crippen molar-refractivity contribution in [2.75, 3.05) is 12.3 Å². The van der Waals surface area contributed by atoms with E-state index in [-0.39, 0.29) is 11.8 Å². The van der Waals surface area contributed by atoms with Crippen LogP contribution >= 0.6 is 11.8 Å². The van der Waals surface area contributed by atoms with Crippen LogP contribution in [-0.2, 0) is 10.5 Å². The topological polar surface area (TPSA) is 52.9 Å². The molecule has 0 radical (unpaired) electrons. The zero-order valence-electron chi connectivity index (χ0n) is 12.3. The summed E-state index contributed by atoms with van der Waals surface area (Å²) in [5.41, 5.74) is 1.82. The zero-order valence-corrected chi connectivity index (χ0v) is 13.1. The van der Waals surface area contributed by atoms with Gasteiger partial charge in [-0.3, -0.25) is 4.79 Å². The molecular weight excluding hydrogens is 280 g/mol. The second-order valence-corrected chi connectivity index (χ2v) is 6.55. The molecule has 1 aromatic rings. The van der Waals surface area contributed by atoms with Gasteiger partial charge in [0, 0.05) is 24.0 Å². The molecule has 0 bridgehead atoms. The molecule has 1 aromatic carbocycles. The summed E-state index contributed by atoms with van der Waals surface area (Å²) in [6.45, 7) is 0.717. The Balaban J connectivity index is 1.63. The molecule has 0 spiro atoms. The van der Waals surface area contributed by atoms with Crippen molar-refractivity contribution >= 4 is 17.7 Å². The monoisotopic (exact) mass is 302 g/mol. The molecule has 0 atom stereocenters. The minimum atomic E-state index is 0.229. The molecule has 1 amide bonds. The fourth-order valence-electron chi connectivity index (χ4n) is 2.69. The smallest absolute Gasteiger partial charge is 0.223 e. The van der Waals surface area contributed by atoms with Crippen LogP contribution in [0.4, 0.5) is 0 Å². The molecule has 21 heavy (non-hydrogen) atoms. The lowest BCUT2D eigenvalue weighted by molar-refractivity contribution is -0.125. The predicted molar refractivity (Wildman–Crippen MR) is 86.9 cm³/mol. The number of carbonyl (C=O) groups excluding carboxylic acids is 1. The summed E-state index contributed by atoms with van der Waals surface area (Å²) in [7, 11) is 0. The summed E-state index contributed by atoms with van der Waals surface area (Å²) < 4.78 is 0. The van der Waals surface area contributed by atoms with Gasteiger partial charge in [-0.2, -0.15) is 17.0 Å². The largest absolute Gasteiger partial charge is 0.355 e. The van der Waals surface area contributed by atoms with Gasteiger partial charge in [0.1, 0.15) is 0 Å². The number of amides is 1. The van der Waals surface area contributed by atoms with Crippen molar-refractivity contribution in [2.24, 2.45) is 5.92 Å². The lowest BCUT2D eigenvalue weighted by Gasteiger charge is -2.20. The van der Waals surface area contributed by atoms with Crippen molar-refractivity contribution in [2.45, 2.75) is 37.9 Å². The average molecular weight is 302 g/mol. The van der Waals surface area contributed by atoms with Crippen LogP contribution in [-0.4, -0.2) is 18.2 Å².